The van der Waals surface area contributed by atoms with Gasteiger partial charge in [-0.3, -0.25) is 14.2 Å². The molecule has 0 amide bonds. The lowest BCUT2D eigenvalue weighted by atomic mass is 9.61. The van der Waals surface area contributed by atoms with Crippen LogP contribution in [0.5, 0.6) is 0 Å². The summed E-state index contributed by atoms with van der Waals surface area (Å²) in [6.45, 7) is 16.1. The van der Waals surface area contributed by atoms with Gasteiger partial charge in [0, 0.05) is 12.8 Å². The number of esters is 1. The molecule has 0 aromatic carbocycles. The van der Waals surface area contributed by atoms with Crippen LogP contribution in [0.1, 0.15) is 111 Å². The van der Waals surface area contributed by atoms with Gasteiger partial charge in [0.25, 0.3) is 0 Å². The van der Waals surface area contributed by atoms with Crippen molar-refractivity contribution in [2.24, 2.45) is 35.0 Å². The van der Waals surface area contributed by atoms with E-state index in [0.29, 0.717) is 59.0 Å². The molecule has 0 bridgehead atoms. The van der Waals surface area contributed by atoms with Crippen LogP contribution in [0.2, 0.25) is 0 Å². The van der Waals surface area contributed by atoms with Gasteiger partial charge >= 0.3 is 11.9 Å². The third kappa shape index (κ3) is 8.98. The fourth-order valence-corrected chi connectivity index (χ4v) is 9.14. The van der Waals surface area contributed by atoms with E-state index in [-0.39, 0.29) is 37.8 Å². The first kappa shape index (κ1) is 39.8. The van der Waals surface area contributed by atoms with Crippen LogP contribution in [0.3, 0.4) is 0 Å². The fourth-order valence-electron chi connectivity index (χ4n) is 9.14. The van der Waals surface area contributed by atoms with Gasteiger partial charge in [-0.15, -0.1) is 0 Å². The molecule has 9 atom stereocenters. The Morgan fingerprint density at radius 3 is 2.69 bits per heavy atom. The van der Waals surface area contributed by atoms with E-state index in [4.69, 9.17) is 25.0 Å². The predicted octanol–water partition coefficient (Wildman–Crippen LogP) is 7.52. The Hall–Kier alpha value is -3.87. The highest BCUT2D eigenvalue weighted by Crippen LogP contribution is 2.59. The van der Waals surface area contributed by atoms with Crippen molar-refractivity contribution in [1.82, 2.24) is 19.5 Å². The smallest absolute Gasteiger partial charge is 0.342 e. The average molecular weight is 746 g/mol. The summed E-state index contributed by atoms with van der Waals surface area (Å²) in [5.74, 6) is 2.22. The van der Waals surface area contributed by atoms with Gasteiger partial charge in [-0.25, -0.2) is 19.7 Å². The number of fused-ring (bicyclic) bond motifs is 2. The molecule has 12 heteroatoms. The Morgan fingerprint density at radius 2 is 1.89 bits per heavy atom. The Balaban J connectivity index is 0.938. The topological polar surface area (TPSA) is 161 Å². The molecule has 2 aromatic rings. The van der Waals surface area contributed by atoms with E-state index in [9.17, 15) is 14.7 Å². The quantitative estimate of drug-likeness (QED) is 0.0903. The number of rotatable bonds is 13. The highest BCUT2D eigenvalue weighted by Gasteiger charge is 2.50. The minimum atomic E-state index is -0.871. The lowest BCUT2D eigenvalue weighted by Crippen LogP contribution is -2.35. The predicted molar refractivity (Wildman–Crippen MR) is 205 cm³/mol. The number of nitrogens with two attached hydrogens (primary N) is 1. The van der Waals surface area contributed by atoms with Gasteiger partial charge in [0.1, 0.15) is 30.7 Å². The number of nitrogens with zero attached hydrogens (tertiary/aromatic N) is 4. The van der Waals surface area contributed by atoms with Crippen molar-refractivity contribution in [3.8, 4) is 0 Å². The van der Waals surface area contributed by atoms with Crippen molar-refractivity contribution in [3.05, 3.63) is 60.3 Å². The summed E-state index contributed by atoms with van der Waals surface area (Å²) in [5, 5.41) is 10.6. The number of carbonyl (C=O) groups excluding carboxylic acids is 2. The summed E-state index contributed by atoms with van der Waals surface area (Å²) in [5.41, 5.74) is 10.8. The molecule has 294 valence electrons. The second-order valence-corrected chi connectivity index (χ2v) is 16.6. The van der Waals surface area contributed by atoms with Gasteiger partial charge < -0.3 is 20.3 Å². The number of hydrogen-bond donors (Lipinski definition) is 2. The highest BCUT2D eigenvalue weighted by atomic mass is 17.2. The maximum atomic E-state index is 12.8. The van der Waals surface area contributed by atoms with Crippen LogP contribution < -0.4 is 5.73 Å². The molecule has 3 aliphatic carbocycles. The second kappa shape index (κ2) is 17.3. The number of anilines is 1. The first-order valence-corrected chi connectivity index (χ1v) is 19.9. The van der Waals surface area contributed by atoms with Crippen molar-refractivity contribution >= 4 is 28.9 Å². The largest absolute Gasteiger partial charge is 0.462 e. The number of imidazole rings is 1. The summed E-state index contributed by atoms with van der Waals surface area (Å²) >= 11 is 0. The molecule has 1 aliphatic heterocycles. The molecule has 3 saturated carbocycles. The Kier molecular flexibility index (Phi) is 12.7. The fraction of sp³-hybridized carbons (Fsp3) is 0.643. The number of ether oxygens (including phenoxy) is 2. The zero-order valence-electron chi connectivity index (χ0n) is 32.6. The van der Waals surface area contributed by atoms with Crippen molar-refractivity contribution in [3.63, 3.8) is 0 Å². The third-order valence-electron chi connectivity index (χ3n) is 12.7. The maximum Gasteiger partial charge on any atom is 0.342 e. The van der Waals surface area contributed by atoms with Crippen LogP contribution in [-0.4, -0.2) is 61.5 Å². The summed E-state index contributed by atoms with van der Waals surface area (Å²) < 4.78 is 13.3. The molecule has 54 heavy (non-hydrogen) atoms. The molecular formula is C42H59N5O7. The normalized spacial score (nSPS) is 31.4. The number of nitrogen functional groups attached to an aromatic ring is 1. The lowest BCUT2D eigenvalue weighted by Gasteiger charge is -2.44. The number of hydrogen-bond acceptors (Lipinski definition) is 11. The zero-order chi connectivity index (χ0) is 38.6. The summed E-state index contributed by atoms with van der Waals surface area (Å²) in [6.07, 6.45) is 18.1. The van der Waals surface area contributed by atoms with E-state index >= 15 is 0 Å². The Bertz CT molecular complexity index is 1770. The summed E-state index contributed by atoms with van der Waals surface area (Å²) in [6, 6.07) is 0. The van der Waals surface area contributed by atoms with E-state index in [1.54, 1.807) is 10.1 Å². The number of allylic oxidation sites excluding steroid dienone is 6. The number of aliphatic hydroxyl groups excluding tert-OH is 1. The van der Waals surface area contributed by atoms with Crippen LogP contribution in [0, 0.1) is 35.0 Å². The number of aromatic nitrogens is 4. The second-order valence-electron chi connectivity index (χ2n) is 16.6. The van der Waals surface area contributed by atoms with E-state index < -0.39 is 30.4 Å². The number of carbonyl (C=O) groups is 2. The molecule has 0 unspecified atom stereocenters. The van der Waals surface area contributed by atoms with Crippen LogP contribution in [0.25, 0.3) is 11.2 Å². The zero-order valence-corrected chi connectivity index (χ0v) is 32.6. The van der Waals surface area contributed by atoms with Crippen LogP contribution in [-0.2, 0) is 28.8 Å². The average Bonchev–Trinajstić information content (AvgIpc) is 3.84. The van der Waals surface area contributed by atoms with Crippen LogP contribution in [0.15, 0.2) is 60.3 Å². The molecule has 3 heterocycles. The molecule has 4 fully saturated rings. The standard InChI is InChI=1S/C42H59N5O7/c1-25(2)26(3)9-10-28(5)33-15-16-34-29(8-7-19-42(33,34)6)12-13-30-20-31(14-11-27(30)4)52-36(49)17-18-37(50)54-51-22-32-21-35(48)41(53-32)47-24-46-38-39(43)44-23-45-40(38)47/h9-10,12-13,23-26,28,31-35,41,48H,4,7-8,11,14-22H2,1-3,5-6H3,(H2,43,44,45)/b10-9+,29-12+,30-13-/t26-,28+,31-,32-,33+,34-,35+,41+,42+/m0/s1. The molecule has 1 saturated heterocycles. The van der Waals surface area contributed by atoms with Gasteiger partial charge in [-0.2, -0.15) is 4.89 Å². The van der Waals surface area contributed by atoms with Gasteiger partial charge in [0.2, 0.25) is 0 Å². The maximum absolute atomic E-state index is 12.8. The van der Waals surface area contributed by atoms with Gasteiger partial charge in [0.15, 0.2) is 17.7 Å². The van der Waals surface area contributed by atoms with E-state index in [0.717, 1.165) is 24.0 Å². The molecule has 12 nitrogen and oxygen atoms in total. The van der Waals surface area contributed by atoms with Gasteiger partial charge in [-0.05, 0) is 85.5 Å². The summed E-state index contributed by atoms with van der Waals surface area (Å²) in [4.78, 5) is 47.5. The monoisotopic (exact) mass is 745 g/mol. The molecule has 6 rings (SSSR count). The van der Waals surface area contributed by atoms with Crippen molar-refractivity contribution < 1.29 is 33.9 Å². The number of aliphatic hydroxyl groups is 1. The van der Waals surface area contributed by atoms with Crippen molar-refractivity contribution in [2.75, 3.05) is 12.3 Å². The molecular weight excluding hydrogens is 686 g/mol. The third-order valence-corrected chi connectivity index (χ3v) is 12.7. The Morgan fingerprint density at radius 1 is 1.09 bits per heavy atom. The Labute approximate surface area is 319 Å². The van der Waals surface area contributed by atoms with E-state index in [1.807, 2.05) is 0 Å². The SMILES string of the molecule is C=C1CC[C@H](OC(=O)CCC(=O)OOC[C@@H]2C[C@@H](O)[C@H](n3cnc4c(N)ncnc43)O2)C/C1=C/C=C1\CCC[C@]2(C)[C@@H]([C@H](C)/C=C/[C@H](C)C(C)C)CC[C@@H]12. The first-order chi connectivity index (χ1) is 25.8. The van der Waals surface area contributed by atoms with E-state index in [2.05, 4.69) is 80.5 Å². The lowest BCUT2D eigenvalue weighted by molar-refractivity contribution is -0.283. The van der Waals surface area contributed by atoms with Crippen LogP contribution >= 0.6 is 0 Å². The molecule has 3 N–H and O–H groups in total. The first-order valence-electron chi connectivity index (χ1n) is 19.9. The molecule has 2 aromatic heterocycles. The van der Waals surface area contributed by atoms with Gasteiger partial charge in [0.05, 0.1) is 25.3 Å². The minimum Gasteiger partial charge on any atom is -0.462 e. The summed E-state index contributed by atoms with van der Waals surface area (Å²) in [7, 11) is 0. The van der Waals surface area contributed by atoms with Crippen LogP contribution in [0.4, 0.5) is 5.82 Å². The van der Waals surface area contributed by atoms with Gasteiger partial charge in [-0.1, -0.05) is 76.6 Å². The molecule has 0 spiro atoms. The van der Waals surface area contributed by atoms with Crippen molar-refractivity contribution in [1.29, 1.82) is 0 Å². The van der Waals surface area contributed by atoms with Crippen molar-refractivity contribution in [2.45, 2.75) is 130 Å². The van der Waals surface area contributed by atoms with E-state index in [1.165, 1.54) is 38.3 Å². The minimum absolute atomic E-state index is 0.0977. The highest BCUT2D eigenvalue weighted by molar-refractivity contribution is 5.81. The molecule has 4 aliphatic rings. The molecule has 0 radical (unpaired) electrons.